The van der Waals surface area contributed by atoms with Crippen LogP contribution in [0, 0.1) is 17.0 Å². The second-order valence-corrected chi connectivity index (χ2v) is 6.34. The average molecular weight is 332 g/mol. The summed E-state index contributed by atoms with van der Waals surface area (Å²) in [6.45, 7) is 3.29. The van der Waals surface area contributed by atoms with Crippen LogP contribution in [0.4, 0.5) is 8.78 Å². The van der Waals surface area contributed by atoms with Crippen LogP contribution in [0.5, 0.6) is 0 Å². The molecule has 1 aliphatic carbocycles. The van der Waals surface area contributed by atoms with Crippen LogP contribution in [0.2, 0.25) is 0 Å². The van der Waals surface area contributed by atoms with Gasteiger partial charge in [-0.25, -0.2) is 8.78 Å². The highest BCUT2D eigenvalue weighted by molar-refractivity contribution is 9.10. The maximum Gasteiger partial charge on any atom is 0.144 e. The molecule has 0 heterocycles. The molecule has 1 aromatic carbocycles. The lowest BCUT2D eigenvalue weighted by molar-refractivity contribution is 0.267. The molecule has 0 spiro atoms. The van der Waals surface area contributed by atoms with E-state index in [9.17, 15) is 8.78 Å². The summed E-state index contributed by atoms with van der Waals surface area (Å²) in [5.41, 5.74) is 0.456. The van der Waals surface area contributed by atoms with Gasteiger partial charge < -0.3 is 5.32 Å². The molecular formula is C15H20BrF2N. The Morgan fingerprint density at radius 3 is 2.58 bits per heavy atom. The van der Waals surface area contributed by atoms with Crippen LogP contribution in [0.15, 0.2) is 16.6 Å². The normalized spacial score (nSPS) is 17.9. The number of rotatable bonds is 5. The van der Waals surface area contributed by atoms with Crippen molar-refractivity contribution in [2.45, 2.75) is 45.6 Å². The molecule has 0 saturated heterocycles. The summed E-state index contributed by atoms with van der Waals surface area (Å²) in [4.78, 5) is 0. The van der Waals surface area contributed by atoms with Gasteiger partial charge >= 0.3 is 0 Å². The average Bonchev–Trinajstić information content (AvgIpc) is 2.88. The Morgan fingerprint density at radius 2 is 1.95 bits per heavy atom. The van der Waals surface area contributed by atoms with Crippen molar-refractivity contribution in [2.75, 3.05) is 6.54 Å². The molecule has 1 saturated carbocycles. The van der Waals surface area contributed by atoms with Crippen LogP contribution in [-0.2, 0) is 6.54 Å². The first kappa shape index (κ1) is 14.9. The molecule has 1 N–H and O–H groups in total. The number of benzene rings is 1. The third-order valence-corrected chi connectivity index (χ3v) is 4.97. The van der Waals surface area contributed by atoms with E-state index >= 15 is 0 Å². The van der Waals surface area contributed by atoms with Crippen LogP contribution in [0.3, 0.4) is 0 Å². The van der Waals surface area contributed by atoms with Gasteiger partial charge in [0.25, 0.3) is 0 Å². The van der Waals surface area contributed by atoms with E-state index in [4.69, 9.17) is 0 Å². The molecule has 0 aliphatic heterocycles. The summed E-state index contributed by atoms with van der Waals surface area (Å²) < 4.78 is 27.7. The van der Waals surface area contributed by atoms with Gasteiger partial charge in [-0.15, -0.1) is 0 Å². The van der Waals surface area contributed by atoms with E-state index < -0.39 is 11.6 Å². The van der Waals surface area contributed by atoms with E-state index in [-0.39, 0.29) is 12.1 Å². The maximum atomic E-state index is 13.8. The highest BCUT2D eigenvalue weighted by Crippen LogP contribution is 2.40. The van der Waals surface area contributed by atoms with Gasteiger partial charge in [-0.05, 0) is 52.7 Å². The Kier molecular flexibility index (Phi) is 4.96. The predicted molar refractivity (Wildman–Crippen MR) is 77.0 cm³/mol. The van der Waals surface area contributed by atoms with Gasteiger partial charge in [0.15, 0.2) is 0 Å². The molecule has 0 bridgehead atoms. The smallest absolute Gasteiger partial charge is 0.144 e. The van der Waals surface area contributed by atoms with Crippen molar-refractivity contribution in [3.05, 3.63) is 33.8 Å². The van der Waals surface area contributed by atoms with E-state index in [1.165, 1.54) is 37.8 Å². The second kappa shape index (κ2) is 6.31. The topological polar surface area (TPSA) is 12.0 Å². The zero-order valence-electron chi connectivity index (χ0n) is 11.2. The Hall–Kier alpha value is -0.480. The summed E-state index contributed by atoms with van der Waals surface area (Å²) in [5, 5.41) is 3.24. The van der Waals surface area contributed by atoms with Gasteiger partial charge in [-0.1, -0.05) is 19.8 Å². The van der Waals surface area contributed by atoms with Crippen LogP contribution in [-0.4, -0.2) is 6.54 Å². The quantitative estimate of drug-likeness (QED) is 0.765. The van der Waals surface area contributed by atoms with Crippen LogP contribution < -0.4 is 5.32 Å². The minimum Gasteiger partial charge on any atom is -0.312 e. The predicted octanol–water partition coefficient (Wildman–Crippen LogP) is 4.79. The highest BCUT2D eigenvalue weighted by Gasteiger charge is 2.31. The fourth-order valence-corrected chi connectivity index (χ4v) is 3.34. The zero-order chi connectivity index (χ0) is 13.9. The Bertz CT molecular complexity index is 442. The highest BCUT2D eigenvalue weighted by atomic mass is 79.9. The summed E-state index contributed by atoms with van der Waals surface area (Å²) in [7, 11) is 0. The molecule has 4 heteroatoms. The molecule has 19 heavy (non-hydrogen) atoms. The SMILES string of the molecule is CCC1(CNCc2c(F)ccc(Br)c2F)CCCC1. The van der Waals surface area contributed by atoms with Gasteiger partial charge in [0.2, 0.25) is 0 Å². The summed E-state index contributed by atoms with van der Waals surface area (Å²) in [6, 6.07) is 2.70. The van der Waals surface area contributed by atoms with Crippen molar-refractivity contribution in [3.8, 4) is 0 Å². The summed E-state index contributed by atoms with van der Waals surface area (Å²) in [5.74, 6) is -0.977. The molecule has 0 atom stereocenters. The second-order valence-electron chi connectivity index (χ2n) is 5.49. The molecule has 0 amide bonds. The van der Waals surface area contributed by atoms with Gasteiger partial charge in [-0.3, -0.25) is 0 Å². The van der Waals surface area contributed by atoms with Crippen molar-refractivity contribution < 1.29 is 8.78 Å². The van der Waals surface area contributed by atoms with Crippen molar-refractivity contribution in [2.24, 2.45) is 5.41 Å². The van der Waals surface area contributed by atoms with E-state index in [1.54, 1.807) is 0 Å². The molecule has 2 rings (SSSR count). The molecule has 1 fully saturated rings. The van der Waals surface area contributed by atoms with Crippen molar-refractivity contribution >= 4 is 15.9 Å². The molecule has 0 aromatic heterocycles. The Labute approximate surface area is 121 Å². The molecule has 0 unspecified atom stereocenters. The van der Waals surface area contributed by atoms with Crippen molar-refractivity contribution in [1.29, 1.82) is 0 Å². The van der Waals surface area contributed by atoms with Crippen LogP contribution >= 0.6 is 15.9 Å². The monoisotopic (exact) mass is 331 g/mol. The number of halogens is 3. The van der Waals surface area contributed by atoms with E-state index in [2.05, 4.69) is 28.2 Å². The molecule has 1 nitrogen and oxygen atoms in total. The third kappa shape index (κ3) is 3.34. The zero-order valence-corrected chi connectivity index (χ0v) is 12.8. The van der Waals surface area contributed by atoms with Crippen molar-refractivity contribution in [3.63, 3.8) is 0 Å². The fourth-order valence-electron chi connectivity index (χ4n) is 2.96. The minimum atomic E-state index is -0.496. The van der Waals surface area contributed by atoms with Crippen LogP contribution in [0.1, 0.15) is 44.6 Å². The molecule has 1 aliphatic rings. The first-order chi connectivity index (χ1) is 9.08. The minimum absolute atomic E-state index is 0.124. The van der Waals surface area contributed by atoms with Gasteiger partial charge in [0.05, 0.1) is 4.47 Å². The number of hydrogen-bond donors (Lipinski definition) is 1. The standard InChI is InChI=1S/C15H20BrF2N/c1-2-15(7-3-4-8-15)10-19-9-11-13(17)6-5-12(16)14(11)18/h5-6,19H,2-4,7-10H2,1H3. The van der Waals surface area contributed by atoms with E-state index in [0.29, 0.717) is 9.89 Å². The molecule has 106 valence electrons. The Morgan fingerprint density at radius 1 is 1.26 bits per heavy atom. The molecule has 0 radical (unpaired) electrons. The van der Waals surface area contributed by atoms with Gasteiger partial charge in [0, 0.05) is 18.7 Å². The lowest BCUT2D eigenvalue weighted by Gasteiger charge is -2.28. The summed E-state index contributed by atoms with van der Waals surface area (Å²) in [6.07, 6.45) is 6.12. The van der Waals surface area contributed by atoms with E-state index in [1.807, 2.05) is 0 Å². The maximum absolute atomic E-state index is 13.8. The largest absolute Gasteiger partial charge is 0.312 e. The lowest BCUT2D eigenvalue weighted by Crippen LogP contribution is -2.31. The fraction of sp³-hybridized carbons (Fsp3) is 0.600. The van der Waals surface area contributed by atoms with Crippen molar-refractivity contribution in [1.82, 2.24) is 5.32 Å². The Balaban J connectivity index is 1.98. The first-order valence-electron chi connectivity index (χ1n) is 6.91. The third-order valence-electron chi connectivity index (χ3n) is 4.35. The van der Waals surface area contributed by atoms with E-state index in [0.717, 1.165) is 13.0 Å². The number of nitrogens with one attached hydrogen (secondary N) is 1. The van der Waals surface area contributed by atoms with Crippen LogP contribution in [0.25, 0.3) is 0 Å². The van der Waals surface area contributed by atoms with Gasteiger partial charge in [0.1, 0.15) is 11.6 Å². The first-order valence-corrected chi connectivity index (χ1v) is 7.70. The summed E-state index contributed by atoms with van der Waals surface area (Å²) >= 11 is 3.09. The van der Waals surface area contributed by atoms with Gasteiger partial charge in [-0.2, -0.15) is 0 Å². The lowest BCUT2D eigenvalue weighted by atomic mass is 9.83. The molecular weight excluding hydrogens is 312 g/mol. The number of hydrogen-bond acceptors (Lipinski definition) is 1. The molecule has 1 aromatic rings.